The van der Waals surface area contributed by atoms with Crippen molar-refractivity contribution in [3.63, 3.8) is 0 Å². The van der Waals surface area contributed by atoms with Crippen LogP contribution in [0.15, 0.2) is 41.9 Å². The minimum absolute atomic E-state index is 0.283. The van der Waals surface area contributed by atoms with Crippen molar-refractivity contribution in [3.05, 3.63) is 47.4 Å². The molecule has 1 aromatic rings. The second-order valence-electron chi connectivity index (χ2n) is 4.37. The van der Waals surface area contributed by atoms with E-state index in [1.165, 1.54) is 0 Å². The van der Waals surface area contributed by atoms with Crippen LogP contribution in [0.2, 0.25) is 0 Å². The van der Waals surface area contributed by atoms with E-state index in [9.17, 15) is 4.79 Å². The molecule has 2 N–H and O–H groups in total. The molecule has 18 heavy (non-hydrogen) atoms. The number of rotatable bonds is 5. The summed E-state index contributed by atoms with van der Waals surface area (Å²) < 4.78 is 5.14. The molecule has 1 aromatic carbocycles. The minimum Gasteiger partial charge on any atom is -0.462 e. The summed E-state index contributed by atoms with van der Waals surface area (Å²) in [4.78, 5) is 11.6. The number of carbonyl (C=O) groups is 1. The fourth-order valence-electron chi connectivity index (χ4n) is 1.91. The summed E-state index contributed by atoms with van der Waals surface area (Å²) in [6.45, 7) is 0.351. The standard InChI is InChI=1S/C13H15BO4/c15-13(11-4-2-1-3-5-11)18-7-6-10-8-12(9-10)14(16)17/h1-5,8,10,16-17H,6-7,9H2. The lowest BCUT2D eigenvalue weighted by Crippen LogP contribution is -2.25. The average Bonchev–Trinajstić information content (AvgIpc) is 2.32. The van der Waals surface area contributed by atoms with Gasteiger partial charge in [0, 0.05) is 0 Å². The highest BCUT2D eigenvalue weighted by Crippen LogP contribution is 2.29. The van der Waals surface area contributed by atoms with E-state index in [4.69, 9.17) is 14.8 Å². The van der Waals surface area contributed by atoms with E-state index in [1.54, 1.807) is 24.3 Å². The van der Waals surface area contributed by atoms with Gasteiger partial charge < -0.3 is 14.8 Å². The van der Waals surface area contributed by atoms with Gasteiger partial charge in [-0.25, -0.2) is 4.79 Å². The van der Waals surface area contributed by atoms with E-state index in [0.717, 1.165) is 6.42 Å². The molecule has 0 spiro atoms. The number of benzene rings is 1. The molecular weight excluding hydrogens is 231 g/mol. The normalized spacial score (nSPS) is 17.7. The zero-order chi connectivity index (χ0) is 13.0. The van der Waals surface area contributed by atoms with Crippen LogP contribution < -0.4 is 0 Å². The third-order valence-electron chi connectivity index (χ3n) is 3.01. The maximum absolute atomic E-state index is 11.6. The molecule has 4 nitrogen and oxygen atoms in total. The lowest BCUT2D eigenvalue weighted by molar-refractivity contribution is 0.0487. The van der Waals surface area contributed by atoms with Crippen molar-refractivity contribution in [1.29, 1.82) is 0 Å². The average molecular weight is 246 g/mol. The Balaban J connectivity index is 1.70. The zero-order valence-corrected chi connectivity index (χ0v) is 9.95. The predicted molar refractivity (Wildman–Crippen MR) is 67.7 cm³/mol. The van der Waals surface area contributed by atoms with Gasteiger partial charge in [0.25, 0.3) is 0 Å². The van der Waals surface area contributed by atoms with Gasteiger partial charge in [-0.3, -0.25) is 0 Å². The van der Waals surface area contributed by atoms with Crippen molar-refractivity contribution in [1.82, 2.24) is 0 Å². The summed E-state index contributed by atoms with van der Waals surface area (Å²) in [5, 5.41) is 17.7. The van der Waals surface area contributed by atoms with Crippen LogP contribution in [-0.4, -0.2) is 29.7 Å². The van der Waals surface area contributed by atoms with E-state index in [2.05, 4.69) is 0 Å². The Hall–Kier alpha value is -1.59. The summed E-state index contributed by atoms with van der Waals surface area (Å²) >= 11 is 0. The first-order valence-corrected chi connectivity index (χ1v) is 5.95. The van der Waals surface area contributed by atoms with Crippen molar-refractivity contribution in [2.24, 2.45) is 5.92 Å². The van der Waals surface area contributed by atoms with Crippen LogP contribution in [0.5, 0.6) is 0 Å². The highest BCUT2D eigenvalue weighted by atomic mass is 16.5. The largest absolute Gasteiger partial charge is 0.483 e. The van der Waals surface area contributed by atoms with Crippen LogP contribution in [0, 0.1) is 5.92 Å². The van der Waals surface area contributed by atoms with E-state index in [1.807, 2.05) is 12.1 Å². The fraction of sp³-hybridized carbons (Fsp3) is 0.308. The Bertz CT molecular complexity index is 442. The quantitative estimate of drug-likeness (QED) is 0.605. The van der Waals surface area contributed by atoms with Gasteiger partial charge in [-0.1, -0.05) is 24.3 Å². The maximum Gasteiger partial charge on any atom is 0.483 e. The molecule has 0 radical (unpaired) electrons. The van der Waals surface area contributed by atoms with Gasteiger partial charge in [-0.15, -0.1) is 0 Å². The van der Waals surface area contributed by atoms with Crippen LogP contribution in [0.1, 0.15) is 23.2 Å². The first-order chi connectivity index (χ1) is 8.66. The second kappa shape index (κ2) is 5.84. The van der Waals surface area contributed by atoms with Crippen LogP contribution >= 0.6 is 0 Å². The van der Waals surface area contributed by atoms with E-state index in [-0.39, 0.29) is 11.9 Å². The number of hydrogen-bond acceptors (Lipinski definition) is 4. The van der Waals surface area contributed by atoms with E-state index < -0.39 is 7.12 Å². The Morgan fingerprint density at radius 1 is 1.33 bits per heavy atom. The predicted octanol–water partition coefficient (Wildman–Crippen LogP) is 1.19. The molecule has 0 saturated heterocycles. The molecule has 1 atom stereocenters. The van der Waals surface area contributed by atoms with Gasteiger partial charge in [0.05, 0.1) is 12.2 Å². The molecule has 0 amide bonds. The Morgan fingerprint density at radius 3 is 2.61 bits per heavy atom. The lowest BCUT2D eigenvalue weighted by Gasteiger charge is -2.24. The summed E-state index contributed by atoms with van der Waals surface area (Å²) in [6.07, 6.45) is 3.20. The van der Waals surface area contributed by atoms with Crippen LogP contribution in [-0.2, 0) is 4.74 Å². The topological polar surface area (TPSA) is 66.8 Å². The van der Waals surface area contributed by atoms with E-state index >= 15 is 0 Å². The number of esters is 1. The monoisotopic (exact) mass is 246 g/mol. The number of carbonyl (C=O) groups excluding carboxylic acids is 1. The summed E-state index contributed by atoms with van der Waals surface area (Å²) in [5.74, 6) is -0.0355. The van der Waals surface area contributed by atoms with Crippen molar-refractivity contribution in [2.75, 3.05) is 6.61 Å². The summed E-state index contributed by atoms with van der Waals surface area (Å²) in [5.41, 5.74) is 1.20. The molecule has 0 heterocycles. The highest BCUT2D eigenvalue weighted by Gasteiger charge is 2.26. The van der Waals surface area contributed by atoms with Crippen molar-refractivity contribution in [3.8, 4) is 0 Å². The molecular formula is C13H15BO4. The number of allylic oxidation sites excluding steroid dienone is 2. The fourth-order valence-corrected chi connectivity index (χ4v) is 1.91. The summed E-state index contributed by atoms with van der Waals surface area (Å²) in [7, 11) is -1.34. The molecule has 0 fully saturated rings. The highest BCUT2D eigenvalue weighted by molar-refractivity contribution is 6.51. The Labute approximate surface area is 106 Å². The smallest absolute Gasteiger partial charge is 0.462 e. The third kappa shape index (κ3) is 3.21. The molecule has 2 rings (SSSR count). The molecule has 94 valence electrons. The van der Waals surface area contributed by atoms with Gasteiger partial charge in [-0.2, -0.15) is 0 Å². The first-order valence-electron chi connectivity index (χ1n) is 5.95. The molecule has 1 unspecified atom stereocenters. The molecule has 5 heteroatoms. The minimum atomic E-state index is -1.34. The van der Waals surface area contributed by atoms with Crippen molar-refractivity contribution >= 4 is 13.1 Å². The van der Waals surface area contributed by atoms with Crippen LogP contribution in [0.3, 0.4) is 0 Å². The van der Waals surface area contributed by atoms with Gasteiger partial charge in [0.1, 0.15) is 0 Å². The Kier molecular flexibility index (Phi) is 4.17. The van der Waals surface area contributed by atoms with Gasteiger partial charge >= 0.3 is 13.1 Å². The lowest BCUT2D eigenvalue weighted by atomic mass is 9.66. The summed E-state index contributed by atoms with van der Waals surface area (Å²) in [6, 6.07) is 8.86. The van der Waals surface area contributed by atoms with Crippen molar-refractivity contribution in [2.45, 2.75) is 12.8 Å². The molecule has 0 saturated carbocycles. The molecule has 0 aromatic heterocycles. The third-order valence-corrected chi connectivity index (χ3v) is 3.01. The van der Waals surface area contributed by atoms with E-state index in [0.29, 0.717) is 24.1 Å². The Morgan fingerprint density at radius 2 is 2.00 bits per heavy atom. The second-order valence-corrected chi connectivity index (χ2v) is 4.37. The van der Waals surface area contributed by atoms with Gasteiger partial charge in [0.15, 0.2) is 0 Å². The zero-order valence-electron chi connectivity index (χ0n) is 9.95. The van der Waals surface area contributed by atoms with Crippen molar-refractivity contribution < 1.29 is 19.6 Å². The van der Waals surface area contributed by atoms with Crippen LogP contribution in [0.4, 0.5) is 0 Å². The first kappa shape index (κ1) is 12.9. The SMILES string of the molecule is O=C(OCCC1C=C(B(O)O)C1)c1ccccc1. The van der Waals surface area contributed by atoms with Crippen LogP contribution in [0.25, 0.3) is 0 Å². The number of ether oxygens (including phenoxy) is 1. The maximum atomic E-state index is 11.6. The molecule has 0 aliphatic heterocycles. The molecule has 0 bridgehead atoms. The molecule has 1 aliphatic rings. The molecule has 1 aliphatic carbocycles. The number of hydrogen-bond donors (Lipinski definition) is 2. The van der Waals surface area contributed by atoms with Gasteiger partial charge in [-0.05, 0) is 36.4 Å². The van der Waals surface area contributed by atoms with Gasteiger partial charge in [0.2, 0.25) is 0 Å².